The van der Waals surface area contributed by atoms with Crippen LogP contribution in [0.1, 0.15) is 26.2 Å². The Morgan fingerprint density at radius 2 is 2.17 bits per heavy atom. The SMILES string of the molecule is CC(O)CCN(C)CCCC#N. The van der Waals surface area contributed by atoms with Crippen molar-refractivity contribution in [2.75, 3.05) is 20.1 Å². The number of unbranched alkanes of at least 4 members (excludes halogenated alkanes) is 1. The highest BCUT2D eigenvalue weighted by atomic mass is 16.3. The van der Waals surface area contributed by atoms with Gasteiger partial charge >= 0.3 is 0 Å². The molecule has 0 radical (unpaired) electrons. The summed E-state index contributed by atoms with van der Waals surface area (Å²) in [4.78, 5) is 2.14. The minimum Gasteiger partial charge on any atom is -0.393 e. The average Bonchev–Trinajstić information content (AvgIpc) is 2.01. The molecule has 0 spiro atoms. The highest BCUT2D eigenvalue weighted by molar-refractivity contribution is 4.69. The Hall–Kier alpha value is -0.590. The van der Waals surface area contributed by atoms with Gasteiger partial charge in [-0.25, -0.2) is 0 Å². The van der Waals surface area contributed by atoms with E-state index in [1.807, 2.05) is 7.05 Å². The number of nitriles is 1. The van der Waals surface area contributed by atoms with Crippen LogP contribution in [0.5, 0.6) is 0 Å². The van der Waals surface area contributed by atoms with Gasteiger partial charge in [0.2, 0.25) is 0 Å². The molecular formula is C9H18N2O. The molecule has 0 heterocycles. The maximum atomic E-state index is 8.99. The first-order valence-corrected chi connectivity index (χ1v) is 4.40. The van der Waals surface area contributed by atoms with Crippen LogP contribution >= 0.6 is 0 Å². The standard InChI is InChI=1S/C9H18N2O/c1-9(12)5-8-11(2)7-4-3-6-10/h9,12H,3-5,7-8H2,1-2H3. The third-order valence-corrected chi connectivity index (χ3v) is 1.76. The molecule has 0 aromatic rings. The van der Waals surface area contributed by atoms with Crippen molar-refractivity contribution in [2.45, 2.75) is 32.3 Å². The van der Waals surface area contributed by atoms with Crippen molar-refractivity contribution in [1.29, 1.82) is 5.26 Å². The number of hydrogen-bond donors (Lipinski definition) is 1. The lowest BCUT2D eigenvalue weighted by Crippen LogP contribution is -2.23. The molecule has 0 fully saturated rings. The van der Waals surface area contributed by atoms with Crippen LogP contribution in [0.2, 0.25) is 0 Å². The molecule has 3 heteroatoms. The van der Waals surface area contributed by atoms with Crippen LogP contribution in [-0.4, -0.2) is 36.2 Å². The Bertz CT molecular complexity index is 140. The zero-order valence-electron chi connectivity index (χ0n) is 7.95. The summed E-state index contributed by atoms with van der Waals surface area (Å²) in [7, 11) is 2.01. The van der Waals surface area contributed by atoms with Crippen molar-refractivity contribution < 1.29 is 5.11 Å². The quantitative estimate of drug-likeness (QED) is 0.605. The molecule has 0 aliphatic rings. The minimum absolute atomic E-state index is 0.219. The number of hydrogen-bond acceptors (Lipinski definition) is 3. The maximum Gasteiger partial charge on any atom is 0.0622 e. The van der Waals surface area contributed by atoms with Gasteiger partial charge in [-0.2, -0.15) is 5.26 Å². The molecule has 1 atom stereocenters. The van der Waals surface area contributed by atoms with Crippen molar-refractivity contribution in [3.05, 3.63) is 0 Å². The normalized spacial score (nSPS) is 12.9. The summed E-state index contributed by atoms with van der Waals surface area (Å²) in [6.45, 7) is 3.65. The lowest BCUT2D eigenvalue weighted by molar-refractivity contribution is 0.164. The van der Waals surface area contributed by atoms with Crippen molar-refractivity contribution in [2.24, 2.45) is 0 Å². The summed E-state index contributed by atoms with van der Waals surface area (Å²) in [5.74, 6) is 0. The summed E-state index contributed by atoms with van der Waals surface area (Å²) in [5, 5.41) is 17.3. The van der Waals surface area contributed by atoms with Gasteiger partial charge in [-0.05, 0) is 33.4 Å². The number of aliphatic hydroxyl groups excluding tert-OH is 1. The molecular weight excluding hydrogens is 152 g/mol. The predicted octanol–water partition coefficient (Wildman–Crippen LogP) is 0.993. The van der Waals surface area contributed by atoms with E-state index in [0.29, 0.717) is 6.42 Å². The maximum absolute atomic E-state index is 8.99. The fourth-order valence-corrected chi connectivity index (χ4v) is 0.947. The fourth-order valence-electron chi connectivity index (χ4n) is 0.947. The summed E-state index contributed by atoms with van der Waals surface area (Å²) in [5.41, 5.74) is 0. The predicted molar refractivity (Wildman–Crippen MR) is 48.6 cm³/mol. The van der Waals surface area contributed by atoms with Crippen LogP contribution in [0.4, 0.5) is 0 Å². The van der Waals surface area contributed by atoms with Gasteiger partial charge < -0.3 is 10.0 Å². The number of nitrogens with zero attached hydrogens (tertiary/aromatic N) is 2. The highest BCUT2D eigenvalue weighted by Crippen LogP contribution is 1.95. The van der Waals surface area contributed by atoms with E-state index in [4.69, 9.17) is 10.4 Å². The Labute approximate surface area is 74.6 Å². The second-order valence-corrected chi connectivity index (χ2v) is 3.20. The zero-order chi connectivity index (χ0) is 9.40. The first kappa shape index (κ1) is 11.4. The van der Waals surface area contributed by atoms with Gasteiger partial charge in [-0.3, -0.25) is 0 Å². The number of rotatable bonds is 6. The van der Waals surface area contributed by atoms with Gasteiger partial charge in [-0.15, -0.1) is 0 Å². The molecule has 0 saturated heterocycles. The van der Waals surface area contributed by atoms with Gasteiger partial charge in [0.1, 0.15) is 0 Å². The first-order valence-electron chi connectivity index (χ1n) is 4.40. The molecule has 0 bridgehead atoms. The molecule has 1 unspecified atom stereocenters. The lowest BCUT2D eigenvalue weighted by Gasteiger charge is -2.16. The van der Waals surface area contributed by atoms with Crippen LogP contribution in [0.25, 0.3) is 0 Å². The average molecular weight is 170 g/mol. The van der Waals surface area contributed by atoms with E-state index in [-0.39, 0.29) is 6.10 Å². The monoisotopic (exact) mass is 170 g/mol. The lowest BCUT2D eigenvalue weighted by atomic mass is 10.2. The molecule has 0 aliphatic carbocycles. The van der Waals surface area contributed by atoms with E-state index < -0.39 is 0 Å². The minimum atomic E-state index is -0.219. The summed E-state index contributed by atoms with van der Waals surface area (Å²) in [6.07, 6.45) is 2.14. The van der Waals surface area contributed by atoms with E-state index in [2.05, 4.69) is 11.0 Å². The second-order valence-electron chi connectivity index (χ2n) is 3.20. The van der Waals surface area contributed by atoms with Crippen molar-refractivity contribution in [3.8, 4) is 6.07 Å². The molecule has 0 amide bonds. The van der Waals surface area contributed by atoms with E-state index in [1.165, 1.54) is 0 Å². The molecule has 70 valence electrons. The Balaban J connectivity index is 3.22. The van der Waals surface area contributed by atoms with E-state index >= 15 is 0 Å². The summed E-state index contributed by atoms with van der Waals surface area (Å²) >= 11 is 0. The first-order chi connectivity index (χ1) is 5.66. The number of aliphatic hydroxyl groups is 1. The molecule has 12 heavy (non-hydrogen) atoms. The van der Waals surface area contributed by atoms with Crippen LogP contribution in [-0.2, 0) is 0 Å². The van der Waals surface area contributed by atoms with Gasteiger partial charge in [0.15, 0.2) is 0 Å². The van der Waals surface area contributed by atoms with E-state index in [9.17, 15) is 0 Å². The topological polar surface area (TPSA) is 47.3 Å². The highest BCUT2D eigenvalue weighted by Gasteiger charge is 2.00. The second kappa shape index (κ2) is 7.08. The van der Waals surface area contributed by atoms with Crippen LogP contribution in [0, 0.1) is 11.3 Å². The van der Waals surface area contributed by atoms with Crippen molar-refractivity contribution in [1.82, 2.24) is 4.90 Å². The summed E-state index contributed by atoms with van der Waals surface area (Å²) in [6, 6.07) is 2.11. The zero-order valence-corrected chi connectivity index (χ0v) is 7.95. The van der Waals surface area contributed by atoms with Gasteiger partial charge in [0.25, 0.3) is 0 Å². The Morgan fingerprint density at radius 3 is 2.67 bits per heavy atom. The molecule has 0 saturated carbocycles. The van der Waals surface area contributed by atoms with Crippen molar-refractivity contribution in [3.63, 3.8) is 0 Å². The third-order valence-electron chi connectivity index (χ3n) is 1.76. The molecule has 3 nitrogen and oxygen atoms in total. The van der Waals surface area contributed by atoms with Gasteiger partial charge in [0, 0.05) is 13.0 Å². The van der Waals surface area contributed by atoms with Crippen molar-refractivity contribution >= 4 is 0 Å². The molecule has 0 rings (SSSR count). The smallest absolute Gasteiger partial charge is 0.0622 e. The largest absolute Gasteiger partial charge is 0.393 e. The van der Waals surface area contributed by atoms with Crippen LogP contribution in [0.15, 0.2) is 0 Å². The third kappa shape index (κ3) is 7.52. The Kier molecular flexibility index (Phi) is 6.73. The molecule has 0 aromatic carbocycles. The Morgan fingerprint density at radius 1 is 1.50 bits per heavy atom. The summed E-state index contributed by atoms with van der Waals surface area (Å²) < 4.78 is 0. The molecule has 0 aliphatic heterocycles. The van der Waals surface area contributed by atoms with Gasteiger partial charge in [0.05, 0.1) is 12.2 Å². The van der Waals surface area contributed by atoms with E-state index in [0.717, 1.165) is 25.9 Å². The van der Waals surface area contributed by atoms with Gasteiger partial charge in [-0.1, -0.05) is 0 Å². The fraction of sp³-hybridized carbons (Fsp3) is 0.889. The van der Waals surface area contributed by atoms with Crippen LogP contribution < -0.4 is 0 Å². The van der Waals surface area contributed by atoms with E-state index in [1.54, 1.807) is 6.92 Å². The molecule has 1 N–H and O–H groups in total. The van der Waals surface area contributed by atoms with Crippen LogP contribution in [0.3, 0.4) is 0 Å². The molecule has 0 aromatic heterocycles.